The summed E-state index contributed by atoms with van der Waals surface area (Å²) in [4.78, 5) is 38.6. The molecule has 154 valence electrons. The number of nitrogens with zero attached hydrogens (tertiary/aromatic N) is 2. The second-order valence-electron chi connectivity index (χ2n) is 7.10. The first-order chi connectivity index (χ1) is 13.4. The number of hydrogen-bond acceptors (Lipinski definition) is 5. The maximum atomic E-state index is 12.4. The molecule has 0 aromatic heterocycles. The average Bonchev–Trinajstić information content (AvgIpc) is 2.69. The summed E-state index contributed by atoms with van der Waals surface area (Å²) in [6.45, 7) is 5.99. The Morgan fingerprint density at radius 2 is 1.96 bits per heavy atom. The molecule has 1 aliphatic heterocycles. The summed E-state index contributed by atoms with van der Waals surface area (Å²) in [6.07, 6.45) is 2.65. The van der Waals surface area contributed by atoms with Gasteiger partial charge in [-0.05, 0) is 44.9 Å². The van der Waals surface area contributed by atoms with Gasteiger partial charge in [0.15, 0.2) is 5.78 Å². The molecule has 2 rings (SSSR count). The highest BCUT2D eigenvalue weighted by Gasteiger charge is 2.26. The van der Waals surface area contributed by atoms with Crippen LogP contribution in [0.2, 0.25) is 0 Å². The number of rotatable bonds is 10. The summed E-state index contributed by atoms with van der Waals surface area (Å²) in [7, 11) is 0. The Balaban J connectivity index is 1.69. The van der Waals surface area contributed by atoms with Crippen LogP contribution >= 0.6 is 0 Å². The summed E-state index contributed by atoms with van der Waals surface area (Å²) < 4.78 is 5.65. The number of amides is 1. The molecule has 0 aliphatic carbocycles. The maximum absolute atomic E-state index is 12.4. The first-order valence-electron chi connectivity index (χ1n) is 9.88. The molecule has 7 heteroatoms. The lowest BCUT2D eigenvalue weighted by Gasteiger charge is -2.37. The van der Waals surface area contributed by atoms with Crippen molar-refractivity contribution >= 4 is 17.7 Å². The summed E-state index contributed by atoms with van der Waals surface area (Å²) in [5, 5.41) is 9.00. The molecule has 0 radical (unpaired) electrons. The number of carbonyl (C=O) groups excluding carboxylic acids is 2. The van der Waals surface area contributed by atoms with Crippen molar-refractivity contribution in [3.05, 3.63) is 29.8 Å². The Morgan fingerprint density at radius 3 is 2.57 bits per heavy atom. The topological polar surface area (TPSA) is 87.2 Å². The van der Waals surface area contributed by atoms with Gasteiger partial charge in [0.2, 0.25) is 5.91 Å². The highest BCUT2D eigenvalue weighted by Crippen LogP contribution is 2.18. The Kier molecular flexibility index (Phi) is 8.44. The highest BCUT2D eigenvalue weighted by molar-refractivity contribution is 5.94. The van der Waals surface area contributed by atoms with Crippen LogP contribution in [-0.2, 0) is 9.59 Å². The van der Waals surface area contributed by atoms with E-state index in [0.29, 0.717) is 50.4 Å². The van der Waals surface area contributed by atoms with Crippen molar-refractivity contribution in [1.82, 2.24) is 9.80 Å². The van der Waals surface area contributed by atoms with Crippen LogP contribution in [0.1, 0.15) is 49.9 Å². The van der Waals surface area contributed by atoms with Gasteiger partial charge in [-0.1, -0.05) is 19.1 Å². The van der Waals surface area contributed by atoms with E-state index in [1.807, 2.05) is 16.7 Å². The fraction of sp³-hybridized carbons (Fsp3) is 0.571. The van der Waals surface area contributed by atoms with Crippen molar-refractivity contribution in [2.75, 3.05) is 32.8 Å². The molecule has 0 atom stereocenters. The zero-order chi connectivity index (χ0) is 20.5. The standard InChI is InChI=1S/C21H30N2O5/c1-3-22(15-21(26)27)18-9-11-23(12-10-18)20(25)8-5-13-28-19-7-4-6-17(14-19)16(2)24/h4,6-7,14,18H,3,5,8-13,15H2,1-2H3,(H,26,27). The van der Waals surface area contributed by atoms with Gasteiger partial charge < -0.3 is 14.7 Å². The molecule has 0 unspecified atom stereocenters. The van der Waals surface area contributed by atoms with E-state index in [0.717, 1.165) is 12.8 Å². The smallest absolute Gasteiger partial charge is 0.317 e. The van der Waals surface area contributed by atoms with Crippen LogP contribution in [0.25, 0.3) is 0 Å². The van der Waals surface area contributed by atoms with E-state index >= 15 is 0 Å². The number of carboxylic acid groups (broad SMARTS) is 1. The zero-order valence-corrected chi connectivity index (χ0v) is 16.7. The fourth-order valence-corrected chi connectivity index (χ4v) is 3.53. The van der Waals surface area contributed by atoms with E-state index < -0.39 is 5.97 Å². The Labute approximate surface area is 166 Å². The number of likely N-dealkylation sites (N-methyl/N-ethyl adjacent to an activating group) is 1. The molecule has 28 heavy (non-hydrogen) atoms. The van der Waals surface area contributed by atoms with Gasteiger partial charge in [-0.15, -0.1) is 0 Å². The number of Topliss-reactive ketones (excluding diaryl/α,β-unsaturated/α-hetero) is 1. The van der Waals surface area contributed by atoms with Gasteiger partial charge in [-0.3, -0.25) is 19.3 Å². The SMILES string of the molecule is CCN(CC(=O)O)C1CCN(C(=O)CCCOc2cccc(C(C)=O)c2)CC1. The number of benzene rings is 1. The van der Waals surface area contributed by atoms with Crippen LogP contribution < -0.4 is 4.74 Å². The van der Waals surface area contributed by atoms with Crippen molar-refractivity contribution in [2.24, 2.45) is 0 Å². The van der Waals surface area contributed by atoms with E-state index in [-0.39, 0.29) is 24.3 Å². The molecule has 0 spiro atoms. The van der Waals surface area contributed by atoms with Crippen LogP contribution in [0.3, 0.4) is 0 Å². The molecule has 7 nitrogen and oxygen atoms in total. The number of hydrogen-bond donors (Lipinski definition) is 1. The van der Waals surface area contributed by atoms with E-state index in [1.165, 1.54) is 6.92 Å². The third-order valence-electron chi connectivity index (χ3n) is 5.12. The first kappa shape index (κ1) is 21.9. The highest BCUT2D eigenvalue weighted by atomic mass is 16.5. The van der Waals surface area contributed by atoms with Gasteiger partial charge in [0.1, 0.15) is 5.75 Å². The third kappa shape index (κ3) is 6.64. The maximum Gasteiger partial charge on any atom is 0.317 e. The van der Waals surface area contributed by atoms with Gasteiger partial charge in [-0.2, -0.15) is 0 Å². The first-order valence-corrected chi connectivity index (χ1v) is 9.88. The van der Waals surface area contributed by atoms with E-state index in [2.05, 4.69) is 0 Å². The second-order valence-corrected chi connectivity index (χ2v) is 7.10. The van der Waals surface area contributed by atoms with E-state index in [4.69, 9.17) is 9.84 Å². The average molecular weight is 390 g/mol. The molecule has 0 bridgehead atoms. The van der Waals surface area contributed by atoms with Gasteiger partial charge in [0, 0.05) is 31.1 Å². The van der Waals surface area contributed by atoms with Crippen molar-refractivity contribution in [2.45, 2.75) is 45.6 Å². The normalized spacial score (nSPS) is 14.9. The monoisotopic (exact) mass is 390 g/mol. The predicted octanol–water partition coefficient (Wildman–Crippen LogP) is 2.45. The van der Waals surface area contributed by atoms with Crippen LogP contribution in [0.15, 0.2) is 24.3 Å². The van der Waals surface area contributed by atoms with Crippen molar-refractivity contribution in [3.8, 4) is 5.75 Å². The molecule has 1 amide bonds. The lowest BCUT2D eigenvalue weighted by molar-refractivity contribution is -0.140. The Morgan fingerprint density at radius 1 is 1.25 bits per heavy atom. The van der Waals surface area contributed by atoms with Crippen molar-refractivity contribution in [3.63, 3.8) is 0 Å². The van der Waals surface area contributed by atoms with E-state index in [1.54, 1.807) is 24.3 Å². The molecule has 1 aliphatic rings. The van der Waals surface area contributed by atoms with Crippen LogP contribution in [0.4, 0.5) is 0 Å². The van der Waals surface area contributed by atoms with Crippen LogP contribution in [0.5, 0.6) is 5.75 Å². The number of piperidine rings is 1. The third-order valence-corrected chi connectivity index (χ3v) is 5.12. The molecular formula is C21H30N2O5. The van der Waals surface area contributed by atoms with Crippen molar-refractivity contribution < 1.29 is 24.2 Å². The largest absolute Gasteiger partial charge is 0.494 e. The lowest BCUT2D eigenvalue weighted by Crippen LogP contribution is -2.48. The number of likely N-dealkylation sites (tertiary alicyclic amines) is 1. The summed E-state index contributed by atoms with van der Waals surface area (Å²) >= 11 is 0. The summed E-state index contributed by atoms with van der Waals surface area (Å²) in [6, 6.07) is 7.27. The molecule has 1 aromatic carbocycles. The van der Waals surface area contributed by atoms with Gasteiger partial charge >= 0.3 is 5.97 Å². The van der Waals surface area contributed by atoms with Crippen molar-refractivity contribution in [1.29, 1.82) is 0 Å². The zero-order valence-electron chi connectivity index (χ0n) is 16.7. The van der Waals surface area contributed by atoms with Gasteiger partial charge in [0.05, 0.1) is 13.2 Å². The Bertz CT molecular complexity index is 683. The Hall–Kier alpha value is -2.41. The van der Waals surface area contributed by atoms with Crippen LogP contribution in [-0.4, -0.2) is 71.4 Å². The number of carbonyl (C=O) groups is 3. The van der Waals surface area contributed by atoms with Crippen LogP contribution in [0, 0.1) is 0 Å². The second kappa shape index (κ2) is 10.8. The molecular weight excluding hydrogens is 360 g/mol. The van der Waals surface area contributed by atoms with Gasteiger partial charge in [-0.25, -0.2) is 0 Å². The minimum atomic E-state index is -0.811. The molecule has 1 N–H and O–H groups in total. The molecule has 1 aromatic rings. The number of ether oxygens (including phenoxy) is 1. The fourth-order valence-electron chi connectivity index (χ4n) is 3.53. The minimum Gasteiger partial charge on any atom is -0.494 e. The predicted molar refractivity (Wildman–Crippen MR) is 106 cm³/mol. The van der Waals surface area contributed by atoms with E-state index in [9.17, 15) is 14.4 Å². The lowest BCUT2D eigenvalue weighted by atomic mass is 10.0. The number of carboxylic acids is 1. The summed E-state index contributed by atoms with van der Waals surface area (Å²) in [5.74, 6) is -0.0666. The number of aliphatic carboxylic acids is 1. The molecule has 1 saturated heterocycles. The summed E-state index contributed by atoms with van der Waals surface area (Å²) in [5.41, 5.74) is 0.612. The molecule has 1 fully saturated rings. The molecule has 1 heterocycles. The minimum absolute atomic E-state index is 0.00553. The quantitative estimate of drug-likeness (QED) is 0.488. The van der Waals surface area contributed by atoms with Gasteiger partial charge in [0.25, 0.3) is 0 Å². The molecule has 0 saturated carbocycles. The number of ketones is 1.